The Morgan fingerprint density at radius 1 is 1.26 bits per heavy atom. The molecule has 0 radical (unpaired) electrons. The fourth-order valence-corrected chi connectivity index (χ4v) is 1.98. The van der Waals surface area contributed by atoms with Crippen LogP contribution in [0.4, 0.5) is 5.82 Å². The number of carbonyl (C=O) groups excluding carboxylic acids is 1. The molecule has 3 heterocycles. The Morgan fingerprint density at radius 2 is 2.00 bits per heavy atom. The third-order valence-electron chi connectivity index (χ3n) is 2.82. The van der Waals surface area contributed by atoms with Gasteiger partial charge in [-0.1, -0.05) is 0 Å². The van der Waals surface area contributed by atoms with Crippen LogP contribution >= 0.6 is 0 Å². The zero-order valence-electron chi connectivity index (χ0n) is 9.82. The summed E-state index contributed by atoms with van der Waals surface area (Å²) in [6.07, 6.45) is 4.64. The van der Waals surface area contributed by atoms with Gasteiger partial charge in [0, 0.05) is 18.0 Å². The molecule has 0 aliphatic carbocycles. The van der Waals surface area contributed by atoms with Gasteiger partial charge in [0.15, 0.2) is 5.82 Å². The highest BCUT2D eigenvalue weighted by Gasteiger charge is 2.17. The van der Waals surface area contributed by atoms with E-state index in [4.69, 9.17) is 11.5 Å². The van der Waals surface area contributed by atoms with Gasteiger partial charge in [-0.05, 0) is 18.2 Å². The van der Waals surface area contributed by atoms with Gasteiger partial charge in [-0.2, -0.15) is 5.10 Å². The first kappa shape index (κ1) is 11.1. The zero-order chi connectivity index (χ0) is 13.4. The molecule has 0 aliphatic heterocycles. The van der Waals surface area contributed by atoms with Gasteiger partial charge in [0.05, 0.1) is 11.3 Å². The summed E-state index contributed by atoms with van der Waals surface area (Å²) in [5, 5.41) is 4.12. The smallest absolute Gasteiger partial charge is 0.251 e. The predicted molar refractivity (Wildman–Crippen MR) is 69.1 cm³/mol. The summed E-state index contributed by atoms with van der Waals surface area (Å²) in [4.78, 5) is 19.3. The summed E-state index contributed by atoms with van der Waals surface area (Å²) in [5.41, 5.74) is 13.4. The van der Waals surface area contributed by atoms with Gasteiger partial charge in [-0.25, -0.2) is 9.50 Å². The SMILES string of the molecule is NC(=O)c1cc(-c2ccncc2)n2ncnc(N)c12. The highest BCUT2D eigenvalue weighted by Crippen LogP contribution is 2.26. The normalized spacial score (nSPS) is 10.7. The molecule has 0 unspecified atom stereocenters. The first-order valence-corrected chi connectivity index (χ1v) is 5.51. The van der Waals surface area contributed by atoms with Crippen LogP contribution < -0.4 is 11.5 Å². The molecule has 19 heavy (non-hydrogen) atoms. The van der Waals surface area contributed by atoms with Gasteiger partial charge < -0.3 is 11.5 Å². The van der Waals surface area contributed by atoms with Crippen molar-refractivity contribution in [2.24, 2.45) is 5.73 Å². The molecule has 0 fully saturated rings. The van der Waals surface area contributed by atoms with Crippen molar-refractivity contribution in [3.8, 4) is 11.3 Å². The Labute approximate surface area is 107 Å². The van der Waals surface area contributed by atoms with Crippen molar-refractivity contribution >= 4 is 17.2 Å². The van der Waals surface area contributed by atoms with Crippen LogP contribution in [-0.2, 0) is 0 Å². The highest BCUT2D eigenvalue weighted by molar-refractivity contribution is 6.04. The van der Waals surface area contributed by atoms with Crippen LogP contribution in [0.2, 0.25) is 0 Å². The topological polar surface area (TPSA) is 112 Å². The quantitative estimate of drug-likeness (QED) is 0.690. The van der Waals surface area contributed by atoms with Crippen LogP contribution in [0.1, 0.15) is 10.4 Å². The third kappa shape index (κ3) is 1.68. The highest BCUT2D eigenvalue weighted by atomic mass is 16.1. The Kier molecular flexibility index (Phi) is 2.38. The van der Waals surface area contributed by atoms with E-state index < -0.39 is 5.91 Å². The van der Waals surface area contributed by atoms with Crippen molar-refractivity contribution in [2.75, 3.05) is 5.73 Å². The maximum absolute atomic E-state index is 11.5. The lowest BCUT2D eigenvalue weighted by atomic mass is 10.2. The minimum absolute atomic E-state index is 0.212. The lowest BCUT2D eigenvalue weighted by Gasteiger charge is -2.02. The number of nitrogens with zero attached hydrogens (tertiary/aromatic N) is 4. The van der Waals surface area contributed by atoms with E-state index >= 15 is 0 Å². The molecule has 3 aromatic heterocycles. The predicted octanol–water partition coefficient (Wildman–Crippen LogP) is 0.472. The fraction of sp³-hybridized carbons (Fsp3) is 0. The van der Waals surface area contributed by atoms with Crippen LogP contribution in [0.3, 0.4) is 0 Å². The molecule has 4 N–H and O–H groups in total. The van der Waals surface area contributed by atoms with Crippen molar-refractivity contribution in [3.05, 3.63) is 42.5 Å². The standard InChI is InChI=1S/C12H10N6O/c13-11-10-8(12(14)19)5-9(18(10)17-6-16-11)7-1-3-15-4-2-7/h1-6H,(H2,14,19)(H2,13,16,17). The summed E-state index contributed by atoms with van der Waals surface area (Å²) in [6.45, 7) is 0. The lowest BCUT2D eigenvalue weighted by Crippen LogP contribution is -2.11. The number of aromatic nitrogens is 4. The molecule has 0 aromatic carbocycles. The van der Waals surface area contributed by atoms with Gasteiger partial charge in [-0.15, -0.1) is 0 Å². The number of pyridine rings is 1. The number of amides is 1. The van der Waals surface area contributed by atoms with Crippen LogP contribution in [0.5, 0.6) is 0 Å². The van der Waals surface area contributed by atoms with E-state index in [1.165, 1.54) is 6.33 Å². The summed E-state index contributed by atoms with van der Waals surface area (Å²) < 4.78 is 1.55. The van der Waals surface area contributed by atoms with Crippen molar-refractivity contribution in [3.63, 3.8) is 0 Å². The Hall–Kier alpha value is -2.96. The molecule has 7 nitrogen and oxygen atoms in total. The van der Waals surface area contributed by atoms with E-state index in [0.29, 0.717) is 16.8 Å². The fourth-order valence-electron chi connectivity index (χ4n) is 1.98. The van der Waals surface area contributed by atoms with Crippen LogP contribution in [0, 0.1) is 0 Å². The second-order valence-electron chi connectivity index (χ2n) is 3.95. The molecule has 0 bridgehead atoms. The first-order valence-electron chi connectivity index (χ1n) is 5.51. The molecule has 0 atom stereocenters. The Bertz CT molecular complexity index is 764. The van der Waals surface area contributed by atoms with Crippen molar-refractivity contribution in [1.29, 1.82) is 0 Å². The van der Waals surface area contributed by atoms with E-state index in [1.807, 2.05) is 12.1 Å². The van der Waals surface area contributed by atoms with Crippen LogP contribution in [0.15, 0.2) is 36.9 Å². The number of anilines is 1. The number of fused-ring (bicyclic) bond motifs is 1. The third-order valence-corrected chi connectivity index (χ3v) is 2.82. The maximum atomic E-state index is 11.5. The van der Waals surface area contributed by atoms with Gasteiger partial charge in [0.1, 0.15) is 11.8 Å². The van der Waals surface area contributed by atoms with Crippen LogP contribution in [0.25, 0.3) is 16.8 Å². The van der Waals surface area contributed by atoms with Gasteiger partial charge in [0.25, 0.3) is 5.91 Å². The molecule has 0 aliphatic rings. The number of nitrogens with two attached hydrogens (primary N) is 2. The van der Waals surface area contributed by atoms with E-state index in [-0.39, 0.29) is 5.82 Å². The van der Waals surface area contributed by atoms with E-state index in [1.54, 1.807) is 23.0 Å². The van der Waals surface area contributed by atoms with Gasteiger partial charge >= 0.3 is 0 Å². The van der Waals surface area contributed by atoms with Gasteiger partial charge in [0.2, 0.25) is 0 Å². The molecule has 3 aromatic rings. The molecule has 1 amide bonds. The molecular formula is C12H10N6O. The van der Waals surface area contributed by atoms with Crippen molar-refractivity contribution in [1.82, 2.24) is 19.6 Å². The minimum Gasteiger partial charge on any atom is -0.382 e. The molecule has 0 saturated heterocycles. The van der Waals surface area contributed by atoms with Crippen molar-refractivity contribution < 1.29 is 4.79 Å². The summed E-state index contributed by atoms with van der Waals surface area (Å²) in [5.74, 6) is -0.358. The number of hydrogen-bond donors (Lipinski definition) is 2. The van der Waals surface area contributed by atoms with Crippen LogP contribution in [-0.4, -0.2) is 25.5 Å². The van der Waals surface area contributed by atoms with Crippen molar-refractivity contribution in [2.45, 2.75) is 0 Å². The molecule has 94 valence electrons. The lowest BCUT2D eigenvalue weighted by molar-refractivity contribution is 0.100. The maximum Gasteiger partial charge on any atom is 0.251 e. The average Bonchev–Trinajstić information content (AvgIpc) is 2.81. The molecule has 7 heteroatoms. The number of carbonyl (C=O) groups is 1. The number of nitrogen functional groups attached to an aromatic ring is 1. The second-order valence-corrected chi connectivity index (χ2v) is 3.95. The zero-order valence-corrected chi connectivity index (χ0v) is 9.82. The Balaban J connectivity index is 2.39. The number of rotatable bonds is 2. The summed E-state index contributed by atoms with van der Waals surface area (Å²) in [6, 6.07) is 5.27. The summed E-state index contributed by atoms with van der Waals surface area (Å²) >= 11 is 0. The molecule has 0 saturated carbocycles. The average molecular weight is 254 g/mol. The minimum atomic E-state index is -0.570. The first-order chi connectivity index (χ1) is 9.18. The number of primary amides is 1. The monoisotopic (exact) mass is 254 g/mol. The second kappa shape index (κ2) is 4.05. The largest absolute Gasteiger partial charge is 0.382 e. The van der Waals surface area contributed by atoms with E-state index in [2.05, 4.69) is 15.1 Å². The summed E-state index contributed by atoms with van der Waals surface area (Å²) in [7, 11) is 0. The number of hydrogen-bond acceptors (Lipinski definition) is 5. The van der Waals surface area contributed by atoms with E-state index in [0.717, 1.165) is 5.56 Å². The molecule has 0 spiro atoms. The van der Waals surface area contributed by atoms with E-state index in [9.17, 15) is 4.79 Å². The van der Waals surface area contributed by atoms with Gasteiger partial charge in [-0.3, -0.25) is 9.78 Å². The molecule has 3 rings (SSSR count). The Morgan fingerprint density at radius 3 is 2.68 bits per heavy atom. The molecular weight excluding hydrogens is 244 g/mol.